The molecule has 1 aliphatic rings. The minimum Gasteiger partial charge on any atom is -0.366 e. The molecule has 7 heteroatoms. The van der Waals surface area contributed by atoms with E-state index in [0.717, 1.165) is 43.2 Å². The van der Waals surface area contributed by atoms with Crippen LogP contribution in [0.5, 0.6) is 0 Å². The maximum absolute atomic E-state index is 14.8. The third kappa shape index (κ3) is 6.87. The smallest absolute Gasteiger partial charge is 0.249 e. The van der Waals surface area contributed by atoms with Crippen molar-refractivity contribution in [1.29, 1.82) is 0 Å². The lowest BCUT2D eigenvalue weighted by molar-refractivity contribution is -0.117. The minimum absolute atomic E-state index is 0.0246. The molecular weight excluding hydrogens is 597 g/mol. The van der Waals surface area contributed by atoms with Crippen LogP contribution in [0.4, 0.5) is 14.5 Å². The molecule has 0 heterocycles. The van der Waals surface area contributed by atoms with Gasteiger partial charge in [-0.15, -0.1) is 0 Å². The normalized spacial score (nSPS) is 17.2. The fourth-order valence-corrected chi connectivity index (χ4v) is 5.65. The number of hydrogen-bond donors (Lipinski definition) is 2. The van der Waals surface area contributed by atoms with Gasteiger partial charge in [0.1, 0.15) is 11.6 Å². The monoisotopic (exact) mass is 628 g/mol. The highest BCUT2D eigenvalue weighted by Crippen LogP contribution is 2.32. The molecule has 38 heavy (non-hydrogen) atoms. The lowest BCUT2D eigenvalue weighted by Crippen LogP contribution is -2.20. The Morgan fingerprint density at radius 3 is 2.45 bits per heavy atom. The molecule has 0 atom stereocenters. The predicted molar refractivity (Wildman–Crippen MR) is 156 cm³/mol. The average molecular weight is 629 g/mol. The number of nitrogens with two attached hydrogens (primary N) is 1. The van der Waals surface area contributed by atoms with Gasteiger partial charge >= 0.3 is 0 Å². The van der Waals surface area contributed by atoms with Crippen LogP contribution in [-0.4, -0.2) is 11.8 Å². The SMILES string of the molecule is C=C(c1ccc(I)cc1F)c1cc(F)cc(Cc2cccc(NC(=O)CC3CCC(C)CC3)c2)c1C(N)=O. The zero-order valence-electron chi connectivity index (χ0n) is 21.3. The Bertz CT molecular complexity index is 1380. The second kappa shape index (κ2) is 12.2. The van der Waals surface area contributed by atoms with E-state index < -0.39 is 17.5 Å². The quantitative estimate of drug-likeness (QED) is 0.254. The lowest BCUT2D eigenvalue weighted by atomic mass is 9.81. The van der Waals surface area contributed by atoms with Crippen LogP contribution in [0.1, 0.15) is 71.6 Å². The van der Waals surface area contributed by atoms with Crippen LogP contribution in [-0.2, 0) is 11.2 Å². The van der Waals surface area contributed by atoms with Crippen molar-refractivity contribution in [3.05, 3.63) is 104 Å². The van der Waals surface area contributed by atoms with E-state index in [-0.39, 0.29) is 34.6 Å². The highest BCUT2D eigenvalue weighted by Gasteiger charge is 2.22. The average Bonchev–Trinajstić information content (AvgIpc) is 2.84. The second-order valence-corrected chi connectivity index (χ2v) is 11.5. The van der Waals surface area contributed by atoms with E-state index in [4.69, 9.17) is 5.73 Å². The number of carbonyl (C=O) groups excluding carboxylic acids is 2. The molecule has 0 spiro atoms. The molecule has 0 aliphatic heterocycles. The molecule has 4 rings (SSSR count). The van der Waals surface area contributed by atoms with Gasteiger partial charge in [0, 0.05) is 21.2 Å². The van der Waals surface area contributed by atoms with E-state index in [2.05, 4.69) is 18.8 Å². The summed E-state index contributed by atoms with van der Waals surface area (Å²) in [6, 6.07) is 14.3. The largest absolute Gasteiger partial charge is 0.366 e. The summed E-state index contributed by atoms with van der Waals surface area (Å²) in [7, 11) is 0. The summed E-state index contributed by atoms with van der Waals surface area (Å²) in [5, 5.41) is 2.98. The van der Waals surface area contributed by atoms with E-state index in [1.165, 1.54) is 12.1 Å². The standard InChI is InChI=1S/C31H31F2IN2O2/c1-18-6-8-20(9-7-18)14-29(37)36-25-5-3-4-21(13-25)12-22-15-23(32)16-27(30(22)31(35)38)19(2)26-11-10-24(34)17-28(26)33/h3-5,10-11,13,15-18,20H,2,6-9,12,14H2,1H3,(H2,35,38)(H,36,37). The number of nitrogens with one attached hydrogen (secondary N) is 1. The fourth-order valence-electron chi connectivity index (χ4n) is 5.20. The molecule has 4 nitrogen and oxygen atoms in total. The Hall–Kier alpha value is -3.07. The maximum Gasteiger partial charge on any atom is 0.249 e. The lowest BCUT2D eigenvalue weighted by Gasteiger charge is -2.25. The number of benzene rings is 3. The number of amides is 2. The van der Waals surface area contributed by atoms with Gasteiger partial charge in [-0.2, -0.15) is 0 Å². The maximum atomic E-state index is 14.8. The van der Waals surface area contributed by atoms with Crippen molar-refractivity contribution in [3.63, 3.8) is 0 Å². The van der Waals surface area contributed by atoms with Gasteiger partial charge in [-0.05, 0) is 112 Å². The van der Waals surface area contributed by atoms with Crippen LogP contribution in [0.15, 0.2) is 61.2 Å². The number of carbonyl (C=O) groups is 2. The van der Waals surface area contributed by atoms with Gasteiger partial charge in [0.25, 0.3) is 0 Å². The first-order chi connectivity index (χ1) is 18.1. The van der Waals surface area contributed by atoms with Gasteiger partial charge in [-0.25, -0.2) is 8.78 Å². The summed E-state index contributed by atoms with van der Waals surface area (Å²) in [5.74, 6) is -0.749. The van der Waals surface area contributed by atoms with Crippen molar-refractivity contribution >= 4 is 45.7 Å². The number of hydrogen-bond acceptors (Lipinski definition) is 2. The molecule has 0 bridgehead atoms. The summed E-state index contributed by atoms with van der Waals surface area (Å²) >= 11 is 1.99. The zero-order valence-corrected chi connectivity index (χ0v) is 23.5. The summed E-state index contributed by atoms with van der Waals surface area (Å²) < 4.78 is 30.1. The van der Waals surface area contributed by atoms with Gasteiger partial charge < -0.3 is 11.1 Å². The molecule has 0 radical (unpaired) electrons. The van der Waals surface area contributed by atoms with Crippen molar-refractivity contribution < 1.29 is 18.4 Å². The minimum atomic E-state index is -0.756. The first-order valence-corrected chi connectivity index (χ1v) is 13.8. The second-order valence-electron chi connectivity index (χ2n) is 10.2. The Labute approximate surface area is 235 Å². The number of primary amides is 1. The van der Waals surface area contributed by atoms with Crippen LogP contribution in [0.25, 0.3) is 5.57 Å². The van der Waals surface area contributed by atoms with Crippen LogP contribution in [0.3, 0.4) is 0 Å². The highest BCUT2D eigenvalue weighted by atomic mass is 127. The zero-order chi connectivity index (χ0) is 27.4. The van der Waals surface area contributed by atoms with Gasteiger partial charge in [-0.3, -0.25) is 9.59 Å². The van der Waals surface area contributed by atoms with Gasteiger partial charge in [-0.1, -0.05) is 44.5 Å². The van der Waals surface area contributed by atoms with Crippen LogP contribution in [0.2, 0.25) is 0 Å². The Kier molecular flexibility index (Phi) is 8.97. The topological polar surface area (TPSA) is 72.2 Å². The van der Waals surface area contributed by atoms with E-state index in [1.807, 2.05) is 34.7 Å². The summed E-state index contributed by atoms with van der Waals surface area (Å²) in [6.07, 6.45) is 5.15. The van der Waals surface area contributed by atoms with Crippen LogP contribution < -0.4 is 11.1 Å². The number of rotatable bonds is 8. The highest BCUT2D eigenvalue weighted by molar-refractivity contribution is 14.1. The molecule has 0 aromatic heterocycles. The molecule has 198 valence electrons. The van der Waals surface area contributed by atoms with E-state index in [0.29, 0.717) is 27.2 Å². The molecule has 0 saturated heterocycles. The van der Waals surface area contributed by atoms with Crippen molar-refractivity contribution in [3.8, 4) is 0 Å². The Morgan fingerprint density at radius 1 is 1.03 bits per heavy atom. The summed E-state index contributed by atoms with van der Waals surface area (Å²) in [4.78, 5) is 25.2. The summed E-state index contributed by atoms with van der Waals surface area (Å²) in [5.41, 5.74) is 8.08. The molecule has 3 N–H and O–H groups in total. The van der Waals surface area contributed by atoms with E-state index in [1.54, 1.807) is 24.3 Å². The molecule has 3 aromatic rings. The first kappa shape index (κ1) is 28.0. The fraction of sp³-hybridized carbons (Fsp3) is 0.290. The third-order valence-electron chi connectivity index (χ3n) is 7.23. The number of halogens is 3. The molecule has 2 amide bonds. The van der Waals surface area contributed by atoms with Crippen molar-refractivity contribution in [2.45, 2.75) is 45.4 Å². The first-order valence-electron chi connectivity index (χ1n) is 12.8. The van der Waals surface area contributed by atoms with Gasteiger partial charge in [0.05, 0.1) is 5.56 Å². The predicted octanol–water partition coefficient (Wildman–Crippen LogP) is 7.48. The molecular formula is C31H31F2IN2O2. The Morgan fingerprint density at radius 2 is 1.76 bits per heavy atom. The Balaban J connectivity index is 1.57. The van der Waals surface area contributed by atoms with Gasteiger partial charge in [0.15, 0.2) is 0 Å². The van der Waals surface area contributed by atoms with Crippen LogP contribution >= 0.6 is 22.6 Å². The molecule has 0 unspecified atom stereocenters. The van der Waals surface area contributed by atoms with Crippen molar-refractivity contribution in [2.75, 3.05) is 5.32 Å². The van der Waals surface area contributed by atoms with Crippen LogP contribution in [0, 0.1) is 27.0 Å². The van der Waals surface area contributed by atoms with E-state index in [9.17, 15) is 18.4 Å². The molecule has 1 aliphatic carbocycles. The molecule has 3 aromatic carbocycles. The van der Waals surface area contributed by atoms with Crippen molar-refractivity contribution in [1.82, 2.24) is 0 Å². The van der Waals surface area contributed by atoms with E-state index >= 15 is 0 Å². The van der Waals surface area contributed by atoms with Gasteiger partial charge in [0.2, 0.25) is 11.8 Å². The van der Waals surface area contributed by atoms with Crippen molar-refractivity contribution in [2.24, 2.45) is 17.6 Å². The third-order valence-corrected chi connectivity index (χ3v) is 7.90. The summed E-state index contributed by atoms with van der Waals surface area (Å²) in [6.45, 7) is 6.21. The molecule has 1 fully saturated rings. The molecule has 1 saturated carbocycles. The number of anilines is 1.